The second-order valence-corrected chi connectivity index (χ2v) is 7.19. The number of H-pyrrole nitrogens is 1. The maximum atomic E-state index is 12.2. The lowest BCUT2D eigenvalue weighted by atomic mass is 9.93. The van der Waals surface area contributed by atoms with Gasteiger partial charge in [-0.15, -0.1) is 0 Å². The summed E-state index contributed by atoms with van der Waals surface area (Å²) in [5.41, 5.74) is 2.70. The Kier molecular flexibility index (Phi) is 5.70. The van der Waals surface area contributed by atoms with E-state index in [1.165, 1.54) is 0 Å². The van der Waals surface area contributed by atoms with Crippen LogP contribution in [0.15, 0.2) is 17.1 Å². The quantitative estimate of drug-likeness (QED) is 0.832. The number of nitrogens with zero attached hydrogens (tertiary/aromatic N) is 2. The third-order valence-corrected chi connectivity index (χ3v) is 4.48. The summed E-state index contributed by atoms with van der Waals surface area (Å²) in [4.78, 5) is 14.6. The normalized spacial score (nSPS) is 16.5. The fraction of sp³-hybridized carbons (Fsp3) is 0.706. The molecule has 0 radical (unpaired) electrons. The molecule has 6 heteroatoms. The van der Waals surface area contributed by atoms with E-state index in [0.717, 1.165) is 56.3 Å². The Labute approximate surface area is 138 Å². The SMILES string of the molecule is C=C(NCc1c(C)n(CCN2CCOCC2)[nH]c1=O)C(C)(C)C. The number of allylic oxidation sites excluding steroid dienone is 1. The van der Waals surface area contributed by atoms with Gasteiger partial charge in [0.25, 0.3) is 5.56 Å². The summed E-state index contributed by atoms with van der Waals surface area (Å²) in [5.74, 6) is 0. The molecule has 2 heterocycles. The van der Waals surface area contributed by atoms with Gasteiger partial charge in [-0.1, -0.05) is 27.4 Å². The summed E-state index contributed by atoms with van der Waals surface area (Å²) in [5, 5.41) is 6.23. The summed E-state index contributed by atoms with van der Waals surface area (Å²) in [7, 11) is 0. The van der Waals surface area contributed by atoms with Crippen molar-refractivity contribution in [3.63, 3.8) is 0 Å². The standard InChI is InChI=1S/C17H30N4O2/c1-13-15(12-18-14(2)17(3,4)5)16(22)19-21(13)7-6-20-8-10-23-11-9-20/h18H,2,6-12H2,1,3-5H3,(H,19,22). The van der Waals surface area contributed by atoms with Crippen LogP contribution in [0.3, 0.4) is 0 Å². The van der Waals surface area contributed by atoms with Crippen molar-refractivity contribution < 1.29 is 4.74 Å². The third kappa shape index (κ3) is 4.72. The first-order valence-corrected chi connectivity index (χ1v) is 8.30. The van der Waals surface area contributed by atoms with E-state index in [1.54, 1.807) is 0 Å². The third-order valence-electron chi connectivity index (χ3n) is 4.48. The van der Waals surface area contributed by atoms with Crippen LogP contribution in [0.2, 0.25) is 0 Å². The fourth-order valence-corrected chi connectivity index (χ4v) is 2.56. The van der Waals surface area contributed by atoms with Crippen molar-refractivity contribution in [1.82, 2.24) is 20.0 Å². The molecule has 0 saturated carbocycles. The minimum atomic E-state index is -0.0151. The first-order valence-electron chi connectivity index (χ1n) is 8.30. The first kappa shape index (κ1) is 17.8. The molecule has 130 valence electrons. The van der Waals surface area contributed by atoms with E-state index in [1.807, 2.05) is 11.6 Å². The second kappa shape index (κ2) is 7.36. The van der Waals surface area contributed by atoms with Gasteiger partial charge in [0.15, 0.2) is 0 Å². The van der Waals surface area contributed by atoms with Gasteiger partial charge in [-0.3, -0.25) is 19.5 Å². The average molecular weight is 322 g/mol. The maximum Gasteiger partial charge on any atom is 0.269 e. The van der Waals surface area contributed by atoms with Gasteiger partial charge in [-0.2, -0.15) is 0 Å². The molecule has 6 nitrogen and oxygen atoms in total. The highest BCUT2D eigenvalue weighted by Crippen LogP contribution is 2.21. The van der Waals surface area contributed by atoms with Crippen LogP contribution in [-0.2, 0) is 17.8 Å². The number of ether oxygens (including phenoxy) is 1. The molecule has 1 aromatic rings. The summed E-state index contributed by atoms with van der Waals surface area (Å²) >= 11 is 0. The zero-order valence-corrected chi connectivity index (χ0v) is 14.9. The molecule has 0 atom stereocenters. The minimum Gasteiger partial charge on any atom is -0.384 e. The summed E-state index contributed by atoms with van der Waals surface area (Å²) in [6.07, 6.45) is 0. The van der Waals surface area contributed by atoms with Crippen molar-refractivity contribution in [3.05, 3.63) is 33.9 Å². The van der Waals surface area contributed by atoms with Crippen LogP contribution in [0.5, 0.6) is 0 Å². The molecule has 1 fully saturated rings. The van der Waals surface area contributed by atoms with E-state index in [9.17, 15) is 4.79 Å². The Balaban J connectivity index is 1.95. The Morgan fingerprint density at radius 3 is 2.57 bits per heavy atom. The van der Waals surface area contributed by atoms with E-state index in [0.29, 0.717) is 6.54 Å². The molecule has 2 N–H and O–H groups in total. The molecule has 0 aliphatic carbocycles. The lowest BCUT2D eigenvalue weighted by Gasteiger charge is -2.26. The van der Waals surface area contributed by atoms with Crippen LogP contribution in [-0.4, -0.2) is 47.5 Å². The molecular weight excluding hydrogens is 292 g/mol. The van der Waals surface area contributed by atoms with Gasteiger partial charge in [0.1, 0.15) is 0 Å². The van der Waals surface area contributed by atoms with E-state index in [4.69, 9.17) is 4.74 Å². The van der Waals surface area contributed by atoms with Crippen molar-refractivity contribution in [1.29, 1.82) is 0 Å². The molecule has 0 bridgehead atoms. The zero-order valence-electron chi connectivity index (χ0n) is 14.9. The van der Waals surface area contributed by atoms with E-state index >= 15 is 0 Å². The Morgan fingerprint density at radius 1 is 1.30 bits per heavy atom. The minimum absolute atomic E-state index is 0.0143. The van der Waals surface area contributed by atoms with Crippen LogP contribution in [0.4, 0.5) is 0 Å². The lowest BCUT2D eigenvalue weighted by molar-refractivity contribution is 0.0359. The summed E-state index contributed by atoms with van der Waals surface area (Å²) in [6.45, 7) is 18.1. The predicted molar refractivity (Wildman–Crippen MR) is 92.5 cm³/mol. The fourth-order valence-electron chi connectivity index (χ4n) is 2.56. The molecule has 0 spiro atoms. The highest BCUT2D eigenvalue weighted by molar-refractivity contribution is 5.18. The molecule has 2 rings (SSSR count). The van der Waals surface area contributed by atoms with Crippen molar-refractivity contribution in [3.8, 4) is 0 Å². The molecule has 1 saturated heterocycles. The van der Waals surface area contributed by atoms with Gasteiger partial charge >= 0.3 is 0 Å². The van der Waals surface area contributed by atoms with Gasteiger partial charge in [-0.05, 0) is 6.92 Å². The van der Waals surface area contributed by atoms with Crippen molar-refractivity contribution >= 4 is 0 Å². The van der Waals surface area contributed by atoms with Gasteiger partial charge in [0, 0.05) is 43.0 Å². The molecular formula is C17H30N4O2. The summed E-state index contributed by atoms with van der Waals surface area (Å²) < 4.78 is 7.31. The molecule has 1 aromatic heterocycles. The average Bonchev–Trinajstić information content (AvgIpc) is 2.77. The van der Waals surface area contributed by atoms with E-state index in [-0.39, 0.29) is 11.0 Å². The monoisotopic (exact) mass is 322 g/mol. The van der Waals surface area contributed by atoms with Gasteiger partial charge in [-0.25, -0.2) is 0 Å². The van der Waals surface area contributed by atoms with Crippen molar-refractivity contribution in [2.45, 2.75) is 40.8 Å². The largest absolute Gasteiger partial charge is 0.384 e. The van der Waals surface area contributed by atoms with Crippen LogP contribution >= 0.6 is 0 Å². The number of morpholine rings is 1. The maximum absolute atomic E-state index is 12.2. The van der Waals surface area contributed by atoms with Gasteiger partial charge in [0.05, 0.1) is 25.3 Å². The van der Waals surface area contributed by atoms with Crippen LogP contribution in [0.1, 0.15) is 32.0 Å². The number of rotatable bonds is 6. The second-order valence-electron chi connectivity index (χ2n) is 7.19. The highest BCUT2D eigenvalue weighted by Gasteiger charge is 2.17. The zero-order chi connectivity index (χ0) is 17.0. The molecule has 1 aliphatic heterocycles. The molecule has 1 aliphatic rings. The molecule has 0 aromatic carbocycles. The lowest BCUT2D eigenvalue weighted by Crippen LogP contribution is -2.38. The highest BCUT2D eigenvalue weighted by atomic mass is 16.5. The van der Waals surface area contributed by atoms with Gasteiger partial charge < -0.3 is 10.1 Å². The number of aromatic amines is 1. The Bertz CT molecular complexity index is 589. The topological polar surface area (TPSA) is 62.3 Å². The summed E-state index contributed by atoms with van der Waals surface area (Å²) in [6, 6.07) is 0. The smallest absolute Gasteiger partial charge is 0.269 e. The van der Waals surface area contributed by atoms with E-state index < -0.39 is 0 Å². The number of hydrogen-bond acceptors (Lipinski definition) is 4. The predicted octanol–water partition coefficient (Wildman–Crippen LogP) is 1.47. The number of hydrogen-bond donors (Lipinski definition) is 2. The van der Waals surface area contributed by atoms with Crippen molar-refractivity contribution in [2.75, 3.05) is 32.8 Å². The molecule has 23 heavy (non-hydrogen) atoms. The number of nitrogens with one attached hydrogen (secondary N) is 2. The Morgan fingerprint density at radius 2 is 1.96 bits per heavy atom. The molecule has 0 unspecified atom stereocenters. The van der Waals surface area contributed by atoms with E-state index in [2.05, 4.69) is 42.7 Å². The molecule has 0 amide bonds. The van der Waals surface area contributed by atoms with Crippen LogP contribution in [0, 0.1) is 12.3 Å². The first-order chi connectivity index (χ1) is 10.8. The van der Waals surface area contributed by atoms with Crippen LogP contribution in [0.25, 0.3) is 0 Å². The van der Waals surface area contributed by atoms with Crippen LogP contribution < -0.4 is 10.9 Å². The van der Waals surface area contributed by atoms with Gasteiger partial charge in [0.2, 0.25) is 0 Å². The number of aromatic nitrogens is 2. The van der Waals surface area contributed by atoms with Crippen molar-refractivity contribution in [2.24, 2.45) is 5.41 Å². The Hall–Kier alpha value is -1.53.